The van der Waals surface area contributed by atoms with Gasteiger partial charge in [-0.2, -0.15) is 0 Å². The van der Waals surface area contributed by atoms with Crippen LogP contribution in [0.5, 0.6) is 0 Å². The van der Waals surface area contributed by atoms with Crippen molar-refractivity contribution in [2.75, 3.05) is 0 Å². The van der Waals surface area contributed by atoms with E-state index in [9.17, 15) is 10.2 Å². The lowest BCUT2D eigenvalue weighted by Gasteiger charge is -2.61. The van der Waals surface area contributed by atoms with Gasteiger partial charge in [0.15, 0.2) is 0 Å². The van der Waals surface area contributed by atoms with Crippen LogP contribution in [0.15, 0.2) is 0 Å². The van der Waals surface area contributed by atoms with Crippen molar-refractivity contribution in [1.29, 1.82) is 0 Å². The van der Waals surface area contributed by atoms with Crippen LogP contribution in [-0.2, 0) is 0 Å². The Bertz CT molecular complexity index is 571. The Morgan fingerprint density at radius 3 is 2.39 bits per heavy atom. The molecule has 5 aliphatic carbocycles. The smallest absolute Gasteiger partial charge is 0.0568 e. The number of hydrogen-bond donors (Lipinski definition) is 2. The van der Waals surface area contributed by atoms with Crippen LogP contribution in [0.1, 0.15) is 104 Å². The summed E-state index contributed by atoms with van der Waals surface area (Å²) in [6.45, 7) is 5.26. The molecular formula is C26H44O2. The maximum atomic E-state index is 10.3. The molecule has 9 unspecified atom stereocenters. The van der Waals surface area contributed by atoms with Crippen LogP contribution in [0, 0.1) is 46.3 Å². The van der Waals surface area contributed by atoms with Gasteiger partial charge in [-0.15, -0.1) is 0 Å². The van der Waals surface area contributed by atoms with Crippen LogP contribution in [0.4, 0.5) is 0 Å². The van der Waals surface area contributed by atoms with E-state index in [0.717, 1.165) is 48.9 Å². The van der Waals surface area contributed by atoms with Crippen molar-refractivity contribution in [1.82, 2.24) is 0 Å². The minimum absolute atomic E-state index is 0.00220. The molecule has 28 heavy (non-hydrogen) atoms. The fourth-order valence-electron chi connectivity index (χ4n) is 9.11. The van der Waals surface area contributed by atoms with E-state index in [1.165, 1.54) is 70.6 Å². The molecule has 5 fully saturated rings. The minimum atomic E-state index is -0.0228. The Kier molecular flexibility index (Phi) is 5.15. The largest absolute Gasteiger partial charge is 0.393 e. The molecule has 5 saturated carbocycles. The number of aliphatic hydroxyl groups is 2. The van der Waals surface area contributed by atoms with Gasteiger partial charge in [-0.1, -0.05) is 20.3 Å². The van der Waals surface area contributed by atoms with Crippen LogP contribution < -0.4 is 0 Å². The third-order valence-electron chi connectivity index (χ3n) is 11.1. The molecule has 5 aliphatic rings. The van der Waals surface area contributed by atoms with Crippen LogP contribution in [0.2, 0.25) is 0 Å². The molecule has 0 aromatic carbocycles. The molecule has 0 aromatic heterocycles. The SMILES string of the molecule is CC12CCC3C(CCC4CC(O)CCC43C)C1CCC2CCCC(O)C1CC1. The summed E-state index contributed by atoms with van der Waals surface area (Å²) in [5.41, 5.74) is 1.08. The van der Waals surface area contributed by atoms with E-state index in [0.29, 0.717) is 16.7 Å². The average Bonchev–Trinajstić information content (AvgIpc) is 3.46. The molecule has 0 radical (unpaired) electrons. The third kappa shape index (κ3) is 3.20. The average molecular weight is 389 g/mol. The van der Waals surface area contributed by atoms with Gasteiger partial charge in [0.1, 0.15) is 0 Å². The molecule has 0 aliphatic heterocycles. The zero-order chi connectivity index (χ0) is 19.5. The van der Waals surface area contributed by atoms with E-state index in [1.807, 2.05) is 0 Å². The molecule has 9 atom stereocenters. The second-order valence-electron chi connectivity index (χ2n) is 12.2. The highest BCUT2D eigenvalue weighted by Gasteiger charge is 2.59. The van der Waals surface area contributed by atoms with Crippen LogP contribution in [0.3, 0.4) is 0 Å². The lowest BCUT2D eigenvalue weighted by molar-refractivity contribution is -0.127. The monoisotopic (exact) mass is 388 g/mol. The quantitative estimate of drug-likeness (QED) is 0.611. The van der Waals surface area contributed by atoms with Gasteiger partial charge in [-0.05, 0) is 130 Å². The van der Waals surface area contributed by atoms with E-state index < -0.39 is 0 Å². The molecule has 0 amide bonds. The Morgan fingerprint density at radius 1 is 0.857 bits per heavy atom. The molecule has 0 aromatic rings. The molecule has 2 heteroatoms. The van der Waals surface area contributed by atoms with E-state index >= 15 is 0 Å². The lowest BCUT2D eigenvalue weighted by Crippen LogP contribution is -2.53. The van der Waals surface area contributed by atoms with Gasteiger partial charge >= 0.3 is 0 Å². The Morgan fingerprint density at radius 2 is 1.61 bits per heavy atom. The second-order valence-corrected chi connectivity index (χ2v) is 12.2. The highest BCUT2D eigenvalue weighted by atomic mass is 16.3. The molecule has 2 N–H and O–H groups in total. The van der Waals surface area contributed by atoms with Gasteiger partial charge in [-0.3, -0.25) is 0 Å². The predicted molar refractivity (Wildman–Crippen MR) is 114 cm³/mol. The fourth-order valence-corrected chi connectivity index (χ4v) is 9.11. The summed E-state index contributed by atoms with van der Waals surface area (Å²) in [5, 5.41) is 20.5. The number of fused-ring (bicyclic) bond motifs is 5. The zero-order valence-electron chi connectivity index (χ0n) is 18.4. The topological polar surface area (TPSA) is 40.5 Å². The van der Waals surface area contributed by atoms with Gasteiger partial charge in [0.05, 0.1) is 12.2 Å². The highest BCUT2D eigenvalue weighted by molar-refractivity contribution is 5.09. The maximum Gasteiger partial charge on any atom is 0.0568 e. The van der Waals surface area contributed by atoms with Gasteiger partial charge in [0.2, 0.25) is 0 Å². The van der Waals surface area contributed by atoms with Crippen molar-refractivity contribution in [3.05, 3.63) is 0 Å². The van der Waals surface area contributed by atoms with Gasteiger partial charge in [-0.25, -0.2) is 0 Å². The van der Waals surface area contributed by atoms with E-state index in [1.54, 1.807) is 0 Å². The van der Waals surface area contributed by atoms with Crippen LogP contribution in [-0.4, -0.2) is 22.4 Å². The van der Waals surface area contributed by atoms with Crippen molar-refractivity contribution in [2.24, 2.45) is 46.3 Å². The zero-order valence-corrected chi connectivity index (χ0v) is 18.4. The fraction of sp³-hybridized carbons (Fsp3) is 1.00. The van der Waals surface area contributed by atoms with Gasteiger partial charge < -0.3 is 10.2 Å². The van der Waals surface area contributed by atoms with E-state index in [4.69, 9.17) is 0 Å². The summed E-state index contributed by atoms with van der Waals surface area (Å²) in [6.07, 6.45) is 18.2. The van der Waals surface area contributed by atoms with Crippen LogP contribution >= 0.6 is 0 Å². The molecule has 160 valence electrons. The first-order valence-corrected chi connectivity index (χ1v) is 12.8. The summed E-state index contributed by atoms with van der Waals surface area (Å²) in [4.78, 5) is 0. The summed E-state index contributed by atoms with van der Waals surface area (Å²) >= 11 is 0. The van der Waals surface area contributed by atoms with E-state index in [2.05, 4.69) is 13.8 Å². The first-order chi connectivity index (χ1) is 13.4. The maximum absolute atomic E-state index is 10.3. The lowest BCUT2D eigenvalue weighted by atomic mass is 9.44. The van der Waals surface area contributed by atoms with Gasteiger partial charge in [0, 0.05) is 0 Å². The number of hydrogen-bond acceptors (Lipinski definition) is 2. The molecule has 5 rings (SSSR count). The molecular weight excluding hydrogens is 344 g/mol. The van der Waals surface area contributed by atoms with Crippen molar-refractivity contribution in [3.8, 4) is 0 Å². The summed E-state index contributed by atoms with van der Waals surface area (Å²) in [6, 6.07) is 0. The standard InChI is InChI=1S/C26H44O2/c1-25-15-13-23-21(10-8-19-16-20(27)12-14-26(19,23)2)22(25)11-9-18(25)4-3-5-24(28)17-6-7-17/h17-24,27-28H,3-16H2,1-2H3. The summed E-state index contributed by atoms with van der Waals surface area (Å²) in [7, 11) is 0. The van der Waals surface area contributed by atoms with E-state index in [-0.39, 0.29) is 12.2 Å². The summed E-state index contributed by atoms with van der Waals surface area (Å²) in [5.74, 6) is 5.16. The van der Waals surface area contributed by atoms with Crippen LogP contribution in [0.25, 0.3) is 0 Å². The molecule has 0 saturated heterocycles. The predicted octanol–water partition coefficient (Wildman–Crippen LogP) is 5.95. The number of aliphatic hydroxyl groups excluding tert-OH is 2. The normalized spacial score (nSPS) is 51.9. The molecule has 0 bridgehead atoms. The Balaban J connectivity index is 1.25. The first-order valence-electron chi connectivity index (χ1n) is 12.8. The third-order valence-corrected chi connectivity index (χ3v) is 11.1. The van der Waals surface area contributed by atoms with Crippen molar-refractivity contribution >= 4 is 0 Å². The molecule has 2 nitrogen and oxygen atoms in total. The van der Waals surface area contributed by atoms with Gasteiger partial charge in [0.25, 0.3) is 0 Å². The second kappa shape index (κ2) is 7.26. The molecule has 0 heterocycles. The Hall–Kier alpha value is -0.0800. The van der Waals surface area contributed by atoms with Crippen molar-refractivity contribution in [3.63, 3.8) is 0 Å². The first kappa shape index (κ1) is 19.9. The molecule has 0 spiro atoms. The highest BCUT2D eigenvalue weighted by Crippen LogP contribution is 2.67. The Labute approximate surface area is 172 Å². The minimum Gasteiger partial charge on any atom is -0.393 e. The number of rotatable bonds is 5. The van der Waals surface area contributed by atoms with Crippen molar-refractivity contribution < 1.29 is 10.2 Å². The van der Waals surface area contributed by atoms with Crippen molar-refractivity contribution in [2.45, 2.75) is 116 Å². The summed E-state index contributed by atoms with van der Waals surface area (Å²) < 4.78 is 0.